The number of aliphatic hydroxyl groups excluding tert-OH is 1. The quantitative estimate of drug-likeness (QED) is 0.667. The molecule has 1 atom stereocenters. The summed E-state index contributed by atoms with van der Waals surface area (Å²) in [6.07, 6.45) is -1.33. The average molecular weight is 286 g/mol. The number of amides is 1. The highest BCUT2D eigenvalue weighted by Crippen LogP contribution is 2.23. The Morgan fingerprint density at radius 2 is 1.90 bits per heavy atom. The average Bonchev–Trinajstić information content (AvgIpc) is 2.49. The van der Waals surface area contributed by atoms with Gasteiger partial charge in [-0.2, -0.15) is 0 Å². The molecule has 0 bridgehead atoms. The van der Waals surface area contributed by atoms with Crippen molar-refractivity contribution in [3.63, 3.8) is 0 Å². The molecule has 0 radical (unpaired) electrons. The van der Waals surface area contributed by atoms with E-state index in [0.29, 0.717) is 16.8 Å². The van der Waals surface area contributed by atoms with Gasteiger partial charge in [0.25, 0.3) is 11.6 Å². The highest BCUT2D eigenvalue weighted by atomic mass is 16.6. The van der Waals surface area contributed by atoms with Crippen LogP contribution < -0.4 is 5.32 Å². The van der Waals surface area contributed by atoms with Crippen LogP contribution in [-0.4, -0.2) is 15.9 Å². The van der Waals surface area contributed by atoms with E-state index in [2.05, 4.69) is 5.32 Å². The Balaban J connectivity index is 2.20. The van der Waals surface area contributed by atoms with Crippen LogP contribution in [0.2, 0.25) is 0 Å². The summed E-state index contributed by atoms with van der Waals surface area (Å²) in [7, 11) is 0. The van der Waals surface area contributed by atoms with Crippen LogP contribution in [0.25, 0.3) is 0 Å². The second kappa shape index (κ2) is 6.15. The van der Waals surface area contributed by atoms with Gasteiger partial charge in [0.15, 0.2) is 6.10 Å². The van der Waals surface area contributed by atoms with Gasteiger partial charge in [-0.1, -0.05) is 36.4 Å². The van der Waals surface area contributed by atoms with E-state index in [9.17, 15) is 20.0 Å². The minimum atomic E-state index is -1.33. The van der Waals surface area contributed by atoms with Gasteiger partial charge in [-0.05, 0) is 18.1 Å². The Morgan fingerprint density at radius 3 is 2.52 bits per heavy atom. The fourth-order valence-corrected chi connectivity index (χ4v) is 1.85. The number of aryl methyl sites for hydroxylation is 1. The lowest BCUT2D eigenvalue weighted by Gasteiger charge is -2.13. The van der Waals surface area contributed by atoms with Crippen LogP contribution in [0, 0.1) is 17.0 Å². The first-order valence-corrected chi connectivity index (χ1v) is 6.28. The molecule has 0 spiro atoms. The summed E-state index contributed by atoms with van der Waals surface area (Å²) in [5.74, 6) is -0.634. The monoisotopic (exact) mass is 286 g/mol. The largest absolute Gasteiger partial charge is 0.378 e. The number of carbonyl (C=O) groups excluding carboxylic acids is 1. The molecule has 0 saturated carbocycles. The molecule has 2 aromatic rings. The van der Waals surface area contributed by atoms with Crippen LogP contribution in [0.1, 0.15) is 17.2 Å². The Hall–Kier alpha value is -2.73. The van der Waals surface area contributed by atoms with Crippen LogP contribution in [-0.2, 0) is 4.79 Å². The van der Waals surface area contributed by atoms with Crippen LogP contribution in [0.5, 0.6) is 0 Å². The van der Waals surface area contributed by atoms with Crippen LogP contribution in [0.3, 0.4) is 0 Å². The fourth-order valence-electron chi connectivity index (χ4n) is 1.85. The summed E-state index contributed by atoms with van der Waals surface area (Å²) in [6.45, 7) is 1.72. The van der Waals surface area contributed by atoms with Gasteiger partial charge in [0, 0.05) is 12.1 Å². The molecular weight excluding hydrogens is 272 g/mol. The molecule has 0 aromatic heterocycles. The fraction of sp³-hybridized carbons (Fsp3) is 0.133. The lowest BCUT2D eigenvalue weighted by molar-refractivity contribution is -0.384. The van der Waals surface area contributed by atoms with Crippen molar-refractivity contribution in [1.82, 2.24) is 0 Å². The van der Waals surface area contributed by atoms with Crippen molar-refractivity contribution in [3.8, 4) is 0 Å². The standard InChI is InChI=1S/C15H14N2O4/c1-10-7-8-12(17(20)21)9-13(10)16-15(19)14(18)11-5-3-2-4-6-11/h2-9,14,18H,1H3,(H,16,19). The summed E-state index contributed by atoms with van der Waals surface area (Å²) >= 11 is 0. The van der Waals surface area contributed by atoms with Gasteiger partial charge in [-0.3, -0.25) is 14.9 Å². The zero-order valence-corrected chi connectivity index (χ0v) is 11.3. The van der Waals surface area contributed by atoms with Gasteiger partial charge in [0.1, 0.15) is 0 Å². The predicted molar refractivity (Wildman–Crippen MR) is 77.9 cm³/mol. The van der Waals surface area contributed by atoms with E-state index in [1.54, 1.807) is 43.3 Å². The summed E-state index contributed by atoms with van der Waals surface area (Å²) in [5.41, 5.74) is 1.32. The van der Waals surface area contributed by atoms with Gasteiger partial charge in [0.05, 0.1) is 10.6 Å². The molecule has 1 unspecified atom stereocenters. The highest BCUT2D eigenvalue weighted by Gasteiger charge is 2.19. The third-order valence-corrected chi connectivity index (χ3v) is 3.05. The Labute approximate surface area is 121 Å². The number of aliphatic hydroxyl groups is 1. The first-order chi connectivity index (χ1) is 9.99. The van der Waals surface area contributed by atoms with E-state index in [1.807, 2.05) is 0 Å². The molecule has 0 heterocycles. The van der Waals surface area contributed by atoms with E-state index >= 15 is 0 Å². The van der Waals surface area contributed by atoms with Crippen molar-refractivity contribution in [2.75, 3.05) is 5.32 Å². The van der Waals surface area contributed by atoms with Crippen molar-refractivity contribution in [1.29, 1.82) is 0 Å². The number of hydrogen-bond donors (Lipinski definition) is 2. The number of nitrogens with zero attached hydrogens (tertiary/aromatic N) is 1. The summed E-state index contributed by atoms with van der Waals surface area (Å²) in [5, 5.41) is 23.2. The summed E-state index contributed by atoms with van der Waals surface area (Å²) in [4.78, 5) is 22.2. The first-order valence-electron chi connectivity index (χ1n) is 6.28. The van der Waals surface area contributed by atoms with Crippen molar-refractivity contribution >= 4 is 17.3 Å². The molecule has 0 fully saturated rings. The second-order valence-electron chi connectivity index (χ2n) is 4.56. The molecule has 6 heteroatoms. The topological polar surface area (TPSA) is 92.5 Å². The number of hydrogen-bond acceptors (Lipinski definition) is 4. The minimum Gasteiger partial charge on any atom is -0.378 e. The maximum absolute atomic E-state index is 12.0. The predicted octanol–water partition coefficient (Wildman–Crippen LogP) is 2.58. The van der Waals surface area contributed by atoms with Gasteiger partial charge in [0.2, 0.25) is 0 Å². The Bertz CT molecular complexity index is 671. The van der Waals surface area contributed by atoms with E-state index < -0.39 is 16.9 Å². The van der Waals surface area contributed by atoms with Crippen molar-refractivity contribution in [2.45, 2.75) is 13.0 Å². The number of rotatable bonds is 4. The molecular formula is C15H14N2O4. The summed E-state index contributed by atoms with van der Waals surface area (Å²) < 4.78 is 0. The normalized spacial score (nSPS) is 11.7. The summed E-state index contributed by atoms with van der Waals surface area (Å²) in [6, 6.07) is 12.6. The number of carbonyl (C=O) groups is 1. The van der Waals surface area contributed by atoms with Crippen LogP contribution in [0.15, 0.2) is 48.5 Å². The van der Waals surface area contributed by atoms with Gasteiger partial charge in [-0.25, -0.2) is 0 Å². The molecule has 2 rings (SSSR count). The van der Waals surface area contributed by atoms with E-state index in [1.165, 1.54) is 12.1 Å². The Kier molecular flexibility index (Phi) is 4.30. The number of benzene rings is 2. The molecule has 6 nitrogen and oxygen atoms in total. The van der Waals surface area contributed by atoms with Crippen molar-refractivity contribution < 1.29 is 14.8 Å². The second-order valence-corrected chi connectivity index (χ2v) is 4.56. The zero-order chi connectivity index (χ0) is 15.4. The lowest BCUT2D eigenvalue weighted by Crippen LogP contribution is -2.21. The number of nitrogens with one attached hydrogen (secondary N) is 1. The third-order valence-electron chi connectivity index (χ3n) is 3.05. The number of anilines is 1. The van der Waals surface area contributed by atoms with Gasteiger partial charge in [-0.15, -0.1) is 0 Å². The van der Waals surface area contributed by atoms with Gasteiger partial charge < -0.3 is 10.4 Å². The molecule has 2 N–H and O–H groups in total. The maximum Gasteiger partial charge on any atom is 0.271 e. The highest BCUT2D eigenvalue weighted by molar-refractivity contribution is 5.95. The van der Waals surface area contributed by atoms with E-state index in [0.717, 1.165) is 0 Å². The van der Waals surface area contributed by atoms with Crippen LogP contribution in [0.4, 0.5) is 11.4 Å². The first kappa shape index (κ1) is 14.7. The zero-order valence-electron chi connectivity index (χ0n) is 11.3. The maximum atomic E-state index is 12.0. The molecule has 2 aromatic carbocycles. The van der Waals surface area contributed by atoms with Crippen molar-refractivity contribution in [2.24, 2.45) is 0 Å². The van der Waals surface area contributed by atoms with Crippen molar-refractivity contribution in [3.05, 3.63) is 69.8 Å². The number of nitro benzene ring substituents is 1. The molecule has 0 aliphatic carbocycles. The third kappa shape index (κ3) is 3.43. The Morgan fingerprint density at radius 1 is 1.24 bits per heavy atom. The van der Waals surface area contributed by atoms with Crippen LogP contribution >= 0.6 is 0 Å². The minimum absolute atomic E-state index is 0.120. The molecule has 21 heavy (non-hydrogen) atoms. The lowest BCUT2D eigenvalue weighted by atomic mass is 10.1. The molecule has 0 saturated heterocycles. The van der Waals surface area contributed by atoms with E-state index in [-0.39, 0.29) is 5.69 Å². The van der Waals surface area contributed by atoms with E-state index in [4.69, 9.17) is 0 Å². The molecule has 0 aliphatic heterocycles. The molecule has 1 amide bonds. The number of non-ortho nitro benzene ring substituents is 1. The molecule has 108 valence electrons. The van der Waals surface area contributed by atoms with Gasteiger partial charge >= 0.3 is 0 Å². The smallest absolute Gasteiger partial charge is 0.271 e. The number of nitro groups is 1. The SMILES string of the molecule is Cc1ccc([N+](=O)[O-])cc1NC(=O)C(O)c1ccccc1. The molecule has 0 aliphatic rings.